The van der Waals surface area contributed by atoms with Gasteiger partial charge in [0.2, 0.25) is 5.78 Å². The van der Waals surface area contributed by atoms with E-state index in [1.165, 1.54) is 16.6 Å². The van der Waals surface area contributed by atoms with Crippen molar-refractivity contribution in [3.05, 3.63) is 82.0 Å². The highest BCUT2D eigenvalue weighted by atomic mass is 32.2. The largest absolute Gasteiger partial charge is 0.496 e. The van der Waals surface area contributed by atoms with Crippen LogP contribution >= 0.6 is 11.8 Å². The number of aromatic nitrogens is 2. The molecule has 0 fully saturated rings. The number of nitrogens with zero attached hydrogens (tertiary/aromatic N) is 3. The summed E-state index contributed by atoms with van der Waals surface area (Å²) in [5, 5.41) is 2.65. The topological polar surface area (TPSA) is 109 Å². The molecule has 0 saturated heterocycles. The number of ketones is 1. The number of hydrogen-bond donors (Lipinski definition) is 1. The van der Waals surface area contributed by atoms with Crippen molar-refractivity contribution in [2.75, 3.05) is 17.8 Å². The standard InChI is InChI=1S/C22H18N4O5S/c1-25-19(21(29)31-24-25)17(27)13-32-22-23-16(12-14-8-6-7-11-18(14)30-2)20(28)26(22)15-9-4-3-5-10-15/h3-12H,13H2,1-2H3/p+1/b16-12+. The van der Waals surface area contributed by atoms with Crippen molar-refractivity contribution in [2.24, 2.45) is 12.0 Å². The fourth-order valence-corrected chi connectivity index (χ4v) is 4.05. The van der Waals surface area contributed by atoms with Gasteiger partial charge in [-0.3, -0.25) is 19.0 Å². The number of anilines is 1. The molecule has 0 spiro atoms. The summed E-state index contributed by atoms with van der Waals surface area (Å²) in [6, 6.07) is 16.3. The average Bonchev–Trinajstić information content (AvgIpc) is 3.31. The van der Waals surface area contributed by atoms with Crippen molar-refractivity contribution in [3.8, 4) is 5.75 Å². The van der Waals surface area contributed by atoms with Gasteiger partial charge in [-0.15, -0.1) is 0 Å². The molecule has 0 radical (unpaired) electrons. The highest BCUT2D eigenvalue weighted by Gasteiger charge is 2.34. The Bertz CT molecular complexity index is 1290. The Labute approximate surface area is 187 Å². The molecule has 2 heterocycles. The van der Waals surface area contributed by atoms with E-state index in [-0.39, 0.29) is 23.1 Å². The number of methoxy groups -OCH3 is 1. The number of hydrogen-bond acceptors (Lipinski definition) is 7. The number of nitrogens with one attached hydrogen (secondary N) is 1. The molecule has 0 aliphatic carbocycles. The van der Waals surface area contributed by atoms with Crippen LogP contribution in [0, 0.1) is 0 Å². The third-order valence-corrected chi connectivity index (χ3v) is 5.61. The number of benzene rings is 2. The van der Waals surface area contributed by atoms with E-state index in [4.69, 9.17) is 4.74 Å². The van der Waals surface area contributed by atoms with Crippen LogP contribution in [0.5, 0.6) is 5.75 Å². The second kappa shape index (κ2) is 9.06. The lowest BCUT2D eigenvalue weighted by molar-refractivity contribution is -0.741. The molecule has 162 valence electrons. The molecule has 0 saturated carbocycles. The number of carbonyl (C=O) groups excluding carboxylic acids is 2. The molecule has 2 aromatic carbocycles. The summed E-state index contributed by atoms with van der Waals surface area (Å²) in [6.07, 6.45) is 1.65. The molecule has 4 rings (SSSR count). The molecule has 0 atom stereocenters. The van der Waals surface area contributed by atoms with Crippen molar-refractivity contribution in [1.29, 1.82) is 0 Å². The number of Topliss-reactive ketones (excluding diaryl/α,β-unsaturated/α-hetero) is 1. The SMILES string of the molecule is COc1ccccc1/C=C1/N=C(SCC(=O)c2c(=O)o[nH][n+]2C)N(c2ccccc2)C1=O. The van der Waals surface area contributed by atoms with E-state index < -0.39 is 11.4 Å². The first-order valence-electron chi connectivity index (χ1n) is 9.56. The van der Waals surface area contributed by atoms with E-state index in [2.05, 4.69) is 14.8 Å². The second-order valence-electron chi connectivity index (χ2n) is 6.74. The monoisotopic (exact) mass is 451 g/mol. The number of amides is 1. The number of carbonyl (C=O) groups is 2. The summed E-state index contributed by atoms with van der Waals surface area (Å²) < 4.78 is 11.2. The van der Waals surface area contributed by atoms with Gasteiger partial charge in [0.25, 0.3) is 5.91 Å². The molecule has 0 unspecified atom stereocenters. The molecule has 0 bridgehead atoms. The summed E-state index contributed by atoms with van der Waals surface area (Å²) in [4.78, 5) is 43.5. The predicted molar refractivity (Wildman–Crippen MR) is 120 cm³/mol. The average molecular weight is 451 g/mol. The first kappa shape index (κ1) is 21.3. The van der Waals surface area contributed by atoms with Crippen molar-refractivity contribution >= 4 is 40.4 Å². The van der Waals surface area contributed by atoms with Crippen LogP contribution in [-0.4, -0.2) is 35.0 Å². The minimum atomic E-state index is -0.751. The Hall–Kier alpha value is -3.92. The molecule has 9 nitrogen and oxygen atoms in total. The number of rotatable bonds is 6. The van der Waals surface area contributed by atoms with Crippen LogP contribution in [0.25, 0.3) is 6.08 Å². The Morgan fingerprint density at radius 3 is 2.59 bits per heavy atom. The van der Waals surface area contributed by atoms with Crippen LogP contribution in [-0.2, 0) is 11.8 Å². The number of amidine groups is 1. The number of aryl methyl sites for hydroxylation is 1. The van der Waals surface area contributed by atoms with Crippen LogP contribution < -0.4 is 19.9 Å². The predicted octanol–water partition coefficient (Wildman–Crippen LogP) is 2.16. The zero-order valence-electron chi connectivity index (χ0n) is 17.3. The minimum Gasteiger partial charge on any atom is -0.496 e. The van der Waals surface area contributed by atoms with E-state index in [1.807, 2.05) is 36.4 Å². The Balaban J connectivity index is 1.67. The Morgan fingerprint density at radius 1 is 1.19 bits per heavy atom. The normalized spacial score (nSPS) is 14.7. The fraction of sp³-hybridized carbons (Fsp3) is 0.136. The van der Waals surface area contributed by atoms with Gasteiger partial charge in [-0.2, -0.15) is 0 Å². The summed E-state index contributed by atoms with van der Waals surface area (Å²) in [7, 11) is 3.06. The third kappa shape index (κ3) is 4.12. The molecular weight excluding hydrogens is 432 g/mol. The highest BCUT2D eigenvalue weighted by molar-refractivity contribution is 8.14. The minimum absolute atomic E-state index is 0.103. The molecule has 10 heteroatoms. The third-order valence-electron chi connectivity index (χ3n) is 4.68. The number of ether oxygens (including phenoxy) is 1. The summed E-state index contributed by atoms with van der Waals surface area (Å²) in [6.45, 7) is 0. The number of para-hydroxylation sites is 2. The van der Waals surface area contributed by atoms with Gasteiger partial charge < -0.3 is 4.74 Å². The second-order valence-corrected chi connectivity index (χ2v) is 7.68. The van der Waals surface area contributed by atoms with Gasteiger partial charge in [-0.05, 0) is 29.5 Å². The lowest BCUT2D eigenvalue weighted by Gasteiger charge is -2.17. The van der Waals surface area contributed by atoms with Crippen molar-refractivity contribution < 1.29 is 23.5 Å². The molecule has 1 aromatic heterocycles. The van der Waals surface area contributed by atoms with Gasteiger partial charge in [0.05, 0.1) is 18.6 Å². The van der Waals surface area contributed by atoms with E-state index in [1.54, 1.807) is 31.4 Å². The lowest BCUT2D eigenvalue weighted by atomic mass is 10.1. The fourth-order valence-electron chi connectivity index (χ4n) is 3.17. The van der Waals surface area contributed by atoms with Crippen LogP contribution in [0.1, 0.15) is 16.1 Å². The molecule has 1 aliphatic rings. The molecular formula is C22H19N4O5S+. The summed E-state index contributed by atoms with van der Waals surface area (Å²) >= 11 is 1.06. The number of thioether (sulfide) groups is 1. The van der Waals surface area contributed by atoms with Gasteiger partial charge in [-0.25, -0.2) is 9.79 Å². The molecule has 32 heavy (non-hydrogen) atoms. The maximum Gasteiger partial charge on any atom is 0.438 e. The lowest BCUT2D eigenvalue weighted by Crippen LogP contribution is -2.40. The van der Waals surface area contributed by atoms with Gasteiger partial charge in [0.1, 0.15) is 11.4 Å². The van der Waals surface area contributed by atoms with Gasteiger partial charge in [0.15, 0.2) is 12.2 Å². The first-order valence-corrected chi connectivity index (χ1v) is 10.5. The smallest absolute Gasteiger partial charge is 0.438 e. The van der Waals surface area contributed by atoms with Gasteiger partial charge in [-0.1, -0.05) is 52.8 Å². The maximum absolute atomic E-state index is 13.2. The first-order chi connectivity index (χ1) is 15.5. The molecule has 1 N–H and O–H groups in total. The van der Waals surface area contributed by atoms with E-state index in [0.29, 0.717) is 22.2 Å². The van der Waals surface area contributed by atoms with E-state index >= 15 is 0 Å². The van der Waals surface area contributed by atoms with E-state index in [9.17, 15) is 14.4 Å². The summed E-state index contributed by atoms with van der Waals surface area (Å²) in [5.41, 5.74) is 0.665. The quantitative estimate of drug-likeness (QED) is 0.350. The van der Waals surface area contributed by atoms with Crippen LogP contribution in [0.3, 0.4) is 0 Å². The summed E-state index contributed by atoms with van der Waals surface area (Å²) in [5.74, 6) is -0.271. The Morgan fingerprint density at radius 2 is 1.91 bits per heavy atom. The van der Waals surface area contributed by atoms with Crippen LogP contribution in [0.2, 0.25) is 0 Å². The molecule has 1 aliphatic heterocycles. The van der Waals surface area contributed by atoms with Crippen molar-refractivity contribution in [2.45, 2.75) is 0 Å². The zero-order valence-corrected chi connectivity index (χ0v) is 18.1. The van der Waals surface area contributed by atoms with E-state index in [0.717, 1.165) is 11.8 Å². The van der Waals surface area contributed by atoms with Gasteiger partial charge >= 0.3 is 11.3 Å². The number of H-pyrrole nitrogens is 1. The highest BCUT2D eigenvalue weighted by Crippen LogP contribution is 2.30. The van der Waals surface area contributed by atoms with Crippen LogP contribution in [0.4, 0.5) is 5.69 Å². The van der Waals surface area contributed by atoms with Gasteiger partial charge in [0, 0.05) is 5.56 Å². The van der Waals surface area contributed by atoms with Crippen molar-refractivity contribution in [1.82, 2.24) is 5.27 Å². The number of aromatic amines is 1. The van der Waals surface area contributed by atoms with Crippen molar-refractivity contribution in [3.63, 3.8) is 0 Å². The van der Waals surface area contributed by atoms with Crippen LogP contribution in [0.15, 0.2) is 74.6 Å². The molecule has 1 amide bonds. The number of aliphatic imine (C=N–C) groups is 1. The molecule has 3 aromatic rings. The Kier molecular flexibility index (Phi) is 6.04. The maximum atomic E-state index is 13.2. The zero-order chi connectivity index (χ0) is 22.7.